The molecule has 0 radical (unpaired) electrons. The van der Waals surface area contributed by atoms with E-state index in [1.165, 1.54) is 18.4 Å². The van der Waals surface area contributed by atoms with Crippen LogP contribution in [0.5, 0.6) is 0 Å². The average molecular weight is 148 g/mol. The molecule has 0 fully saturated rings. The summed E-state index contributed by atoms with van der Waals surface area (Å²) in [5, 5.41) is 0. The Kier molecular flexibility index (Phi) is 1.80. The van der Waals surface area contributed by atoms with Gasteiger partial charge in [-0.15, -0.1) is 0 Å². The lowest BCUT2D eigenvalue weighted by molar-refractivity contribution is 0.257. The second-order valence-corrected chi connectivity index (χ2v) is 2.90. The van der Waals surface area contributed by atoms with E-state index in [1.807, 2.05) is 0 Å². The van der Waals surface area contributed by atoms with Gasteiger partial charge in [-0.3, -0.25) is 0 Å². The predicted octanol–water partition coefficient (Wildman–Crippen LogP) is 2.57. The highest BCUT2D eigenvalue weighted by molar-refractivity contribution is 5.27. The Morgan fingerprint density at radius 2 is 2.18 bits per heavy atom. The SMILES string of the molecule is C1=CC2=C(CC=CCO2)CC1. The van der Waals surface area contributed by atoms with Crippen molar-refractivity contribution in [1.29, 1.82) is 0 Å². The van der Waals surface area contributed by atoms with Crippen LogP contribution in [0.3, 0.4) is 0 Å². The van der Waals surface area contributed by atoms with Crippen molar-refractivity contribution >= 4 is 0 Å². The second-order valence-electron chi connectivity index (χ2n) is 2.90. The molecule has 11 heavy (non-hydrogen) atoms. The lowest BCUT2D eigenvalue weighted by Gasteiger charge is -2.12. The molecule has 2 aliphatic rings. The molecule has 0 unspecified atom stereocenters. The largest absolute Gasteiger partial charge is 0.490 e. The topological polar surface area (TPSA) is 9.23 Å². The molecule has 1 aliphatic carbocycles. The van der Waals surface area contributed by atoms with Crippen LogP contribution < -0.4 is 0 Å². The van der Waals surface area contributed by atoms with Crippen LogP contribution in [0.25, 0.3) is 0 Å². The normalized spacial score (nSPS) is 22.5. The van der Waals surface area contributed by atoms with Crippen molar-refractivity contribution in [3.05, 3.63) is 35.6 Å². The zero-order chi connectivity index (χ0) is 7.52. The number of hydrogen-bond acceptors (Lipinski definition) is 1. The summed E-state index contributed by atoms with van der Waals surface area (Å²) in [5.74, 6) is 1.11. The van der Waals surface area contributed by atoms with Gasteiger partial charge in [-0.05, 0) is 30.9 Å². The lowest BCUT2D eigenvalue weighted by Crippen LogP contribution is -1.96. The second kappa shape index (κ2) is 2.95. The molecule has 1 nitrogen and oxygen atoms in total. The Bertz CT molecular complexity index is 233. The van der Waals surface area contributed by atoms with Gasteiger partial charge in [0, 0.05) is 0 Å². The van der Waals surface area contributed by atoms with Crippen LogP contribution in [0.2, 0.25) is 0 Å². The molecule has 58 valence electrons. The first-order valence-corrected chi connectivity index (χ1v) is 4.13. The van der Waals surface area contributed by atoms with Gasteiger partial charge in [0.05, 0.1) is 0 Å². The quantitative estimate of drug-likeness (QED) is 0.480. The standard InChI is InChI=1S/C10H12O/c1-2-7-10-9(5-1)6-3-4-8-11-10/h2-4,7H,1,5-6,8H2. The monoisotopic (exact) mass is 148 g/mol. The van der Waals surface area contributed by atoms with Gasteiger partial charge in [0.15, 0.2) is 0 Å². The molecule has 0 aromatic rings. The number of allylic oxidation sites excluding steroid dienone is 4. The Morgan fingerprint density at radius 1 is 1.18 bits per heavy atom. The molecule has 0 aromatic heterocycles. The van der Waals surface area contributed by atoms with Crippen LogP contribution in [0.15, 0.2) is 35.6 Å². The van der Waals surface area contributed by atoms with E-state index in [0.29, 0.717) is 0 Å². The zero-order valence-corrected chi connectivity index (χ0v) is 6.55. The third-order valence-electron chi connectivity index (χ3n) is 2.10. The van der Waals surface area contributed by atoms with Crippen LogP contribution in [0.1, 0.15) is 19.3 Å². The maximum atomic E-state index is 5.51. The van der Waals surface area contributed by atoms with E-state index < -0.39 is 0 Å². The highest BCUT2D eigenvalue weighted by atomic mass is 16.5. The highest BCUT2D eigenvalue weighted by Crippen LogP contribution is 2.24. The van der Waals surface area contributed by atoms with E-state index in [0.717, 1.165) is 18.8 Å². The van der Waals surface area contributed by atoms with Gasteiger partial charge in [0.25, 0.3) is 0 Å². The van der Waals surface area contributed by atoms with E-state index in [9.17, 15) is 0 Å². The molecule has 0 amide bonds. The summed E-state index contributed by atoms with van der Waals surface area (Å²) in [4.78, 5) is 0. The Balaban J connectivity index is 2.23. The Hall–Kier alpha value is -0.980. The summed E-state index contributed by atoms with van der Waals surface area (Å²) in [6, 6.07) is 0. The summed E-state index contributed by atoms with van der Waals surface area (Å²) in [6.07, 6.45) is 12.0. The van der Waals surface area contributed by atoms with Crippen molar-refractivity contribution in [3.8, 4) is 0 Å². The maximum absolute atomic E-state index is 5.51. The molecule has 0 atom stereocenters. The lowest BCUT2D eigenvalue weighted by atomic mass is 10.0. The third-order valence-corrected chi connectivity index (χ3v) is 2.10. The van der Waals surface area contributed by atoms with Gasteiger partial charge in [0.1, 0.15) is 12.4 Å². The van der Waals surface area contributed by atoms with Crippen molar-refractivity contribution in [2.75, 3.05) is 6.61 Å². The fraction of sp³-hybridized carbons (Fsp3) is 0.400. The summed E-state index contributed by atoms with van der Waals surface area (Å²) >= 11 is 0. The third kappa shape index (κ3) is 1.37. The number of rotatable bonds is 0. The smallest absolute Gasteiger partial charge is 0.118 e. The van der Waals surface area contributed by atoms with E-state index in [-0.39, 0.29) is 0 Å². The predicted molar refractivity (Wildman–Crippen MR) is 45.1 cm³/mol. The molecule has 0 saturated heterocycles. The van der Waals surface area contributed by atoms with Gasteiger partial charge in [-0.2, -0.15) is 0 Å². The highest BCUT2D eigenvalue weighted by Gasteiger charge is 2.09. The minimum Gasteiger partial charge on any atom is -0.490 e. The molecular formula is C10H12O. The maximum Gasteiger partial charge on any atom is 0.118 e. The van der Waals surface area contributed by atoms with Crippen LogP contribution in [-0.2, 0) is 4.74 Å². The first-order valence-electron chi connectivity index (χ1n) is 4.13. The minimum atomic E-state index is 0.739. The summed E-state index contributed by atoms with van der Waals surface area (Å²) < 4.78 is 5.51. The first-order chi connectivity index (χ1) is 5.47. The van der Waals surface area contributed by atoms with E-state index in [4.69, 9.17) is 4.74 Å². The fourth-order valence-corrected chi connectivity index (χ4v) is 1.47. The van der Waals surface area contributed by atoms with Crippen molar-refractivity contribution in [2.45, 2.75) is 19.3 Å². The van der Waals surface area contributed by atoms with Crippen LogP contribution >= 0.6 is 0 Å². The Labute approximate surface area is 67.1 Å². The van der Waals surface area contributed by atoms with E-state index in [2.05, 4.69) is 24.3 Å². The molecule has 1 heterocycles. The molecule has 1 heteroatoms. The molecule has 0 spiro atoms. The van der Waals surface area contributed by atoms with Crippen molar-refractivity contribution < 1.29 is 4.74 Å². The number of ether oxygens (including phenoxy) is 1. The van der Waals surface area contributed by atoms with E-state index in [1.54, 1.807) is 0 Å². The molecular weight excluding hydrogens is 136 g/mol. The summed E-state index contributed by atoms with van der Waals surface area (Å²) in [5.41, 5.74) is 1.46. The zero-order valence-electron chi connectivity index (χ0n) is 6.55. The van der Waals surface area contributed by atoms with Gasteiger partial charge in [-0.1, -0.05) is 18.2 Å². The van der Waals surface area contributed by atoms with Crippen molar-refractivity contribution in [2.24, 2.45) is 0 Å². The first kappa shape index (κ1) is 6.71. The van der Waals surface area contributed by atoms with Gasteiger partial charge in [-0.25, -0.2) is 0 Å². The fourth-order valence-electron chi connectivity index (χ4n) is 1.47. The molecule has 0 N–H and O–H groups in total. The molecule has 2 rings (SSSR count). The van der Waals surface area contributed by atoms with Gasteiger partial charge in [0.2, 0.25) is 0 Å². The molecule has 0 aromatic carbocycles. The van der Waals surface area contributed by atoms with Crippen molar-refractivity contribution in [1.82, 2.24) is 0 Å². The van der Waals surface area contributed by atoms with Gasteiger partial charge >= 0.3 is 0 Å². The summed E-state index contributed by atoms with van der Waals surface area (Å²) in [6.45, 7) is 0.739. The number of hydrogen-bond donors (Lipinski definition) is 0. The minimum absolute atomic E-state index is 0.739. The van der Waals surface area contributed by atoms with Crippen LogP contribution in [0, 0.1) is 0 Å². The summed E-state index contributed by atoms with van der Waals surface area (Å²) in [7, 11) is 0. The molecule has 0 bridgehead atoms. The Morgan fingerprint density at radius 3 is 3.18 bits per heavy atom. The van der Waals surface area contributed by atoms with Crippen LogP contribution in [0.4, 0.5) is 0 Å². The van der Waals surface area contributed by atoms with E-state index >= 15 is 0 Å². The van der Waals surface area contributed by atoms with Crippen LogP contribution in [-0.4, -0.2) is 6.61 Å². The van der Waals surface area contributed by atoms with Gasteiger partial charge < -0.3 is 4.74 Å². The molecule has 1 aliphatic heterocycles. The van der Waals surface area contributed by atoms with Crippen molar-refractivity contribution in [3.63, 3.8) is 0 Å². The molecule has 0 saturated carbocycles. The average Bonchev–Trinajstić information content (AvgIpc) is 2.28.